The molecule has 0 saturated carbocycles. The number of amides is 1. The predicted octanol–water partition coefficient (Wildman–Crippen LogP) is 5.99. The first-order chi connectivity index (χ1) is 11.6. The minimum absolute atomic E-state index is 0.279. The maximum atomic E-state index is 12.5. The topological polar surface area (TPSA) is 41.1 Å². The van der Waals surface area contributed by atoms with Gasteiger partial charge in [-0.15, -0.1) is 0 Å². The molecule has 5 heteroatoms. The number of para-hydroxylation sites is 1. The molecule has 0 spiro atoms. The molecule has 3 rings (SSSR count). The van der Waals surface area contributed by atoms with Crippen molar-refractivity contribution in [3.63, 3.8) is 0 Å². The van der Waals surface area contributed by atoms with Crippen molar-refractivity contribution in [3.8, 4) is 0 Å². The molecule has 3 aromatic carbocycles. The first kappa shape index (κ1) is 16.4. The van der Waals surface area contributed by atoms with Crippen LogP contribution < -0.4 is 10.6 Å². The van der Waals surface area contributed by atoms with Gasteiger partial charge in [0.25, 0.3) is 5.91 Å². The van der Waals surface area contributed by atoms with Gasteiger partial charge >= 0.3 is 0 Å². The van der Waals surface area contributed by atoms with Gasteiger partial charge in [0, 0.05) is 10.7 Å². The molecule has 0 unspecified atom stereocenters. The molecule has 0 aliphatic rings. The molecule has 0 aromatic heterocycles. The largest absolute Gasteiger partial charge is 0.354 e. The van der Waals surface area contributed by atoms with Crippen LogP contribution in [0.2, 0.25) is 10.0 Å². The number of benzene rings is 3. The van der Waals surface area contributed by atoms with Crippen molar-refractivity contribution in [2.75, 3.05) is 10.6 Å². The maximum absolute atomic E-state index is 12.5. The number of anilines is 3. The summed E-state index contributed by atoms with van der Waals surface area (Å²) in [6, 6.07) is 21.8. The Kier molecular flexibility index (Phi) is 5.04. The highest BCUT2D eigenvalue weighted by molar-refractivity contribution is 6.34. The summed E-state index contributed by atoms with van der Waals surface area (Å²) in [6.45, 7) is 0. The lowest BCUT2D eigenvalue weighted by molar-refractivity contribution is 0.102. The van der Waals surface area contributed by atoms with Crippen LogP contribution in [0.4, 0.5) is 17.1 Å². The van der Waals surface area contributed by atoms with Gasteiger partial charge in [0.1, 0.15) is 0 Å². The molecule has 3 aromatic rings. The van der Waals surface area contributed by atoms with Crippen LogP contribution in [0.1, 0.15) is 10.4 Å². The fraction of sp³-hybridized carbons (Fsp3) is 0. The fourth-order valence-corrected chi connectivity index (χ4v) is 2.63. The number of nitrogens with one attached hydrogen (secondary N) is 2. The molecule has 0 radical (unpaired) electrons. The van der Waals surface area contributed by atoms with Crippen molar-refractivity contribution in [2.24, 2.45) is 0 Å². The molecule has 0 heterocycles. The lowest BCUT2D eigenvalue weighted by Gasteiger charge is -2.14. The Bertz CT molecular complexity index is 866. The van der Waals surface area contributed by atoms with E-state index >= 15 is 0 Å². The van der Waals surface area contributed by atoms with Crippen molar-refractivity contribution in [2.45, 2.75) is 0 Å². The molecule has 24 heavy (non-hydrogen) atoms. The maximum Gasteiger partial charge on any atom is 0.257 e. The highest BCUT2D eigenvalue weighted by Crippen LogP contribution is 2.29. The van der Waals surface area contributed by atoms with E-state index in [1.165, 1.54) is 0 Å². The monoisotopic (exact) mass is 356 g/mol. The Morgan fingerprint density at radius 2 is 1.50 bits per heavy atom. The number of rotatable bonds is 4. The quantitative estimate of drug-likeness (QED) is 0.602. The average molecular weight is 357 g/mol. The van der Waals surface area contributed by atoms with Crippen molar-refractivity contribution >= 4 is 46.2 Å². The molecule has 0 fully saturated rings. The van der Waals surface area contributed by atoms with Gasteiger partial charge in [-0.25, -0.2) is 0 Å². The van der Waals surface area contributed by atoms with Crippen LogP contribution in [0, 0.1) is 0 Å². The van der Waals surface area contributed by atoms with Gasteiger partial charge < -0.3 is 10.6 Å². The summed E-state index contributed by atoms with van der Waals surface area (Å²) < 4.78 is 0. The van der Waals surface area contributed by atoms with Gasteiger partial charge in [0.2, 0.25) is 0 Å². The van der Waals surface area contributed by atoms with Crippen LogP contribution in [-0.4, -0.2) is 5.91 Å². The third-order valence-corrected chi connectivity index (χ3v) is 3.97. The zero-order chi connectivity index (χ0) is 16.9. The summed E-state index contributed by atoms with van der Waals surface area (Å²) in [4.78, 5) is 12.5. The average Bonchev–Trinajstić information content (AvgIpc) is 2.58. The highest BCUT2D eigenvalue weighted by atomic mass is 35.5. The third kappa shape index (κ3) is 3.88. The van der Waals surface area contributed by atoms with E-state index in [-0.39, 0.29) is 5.91 Å². The number of carbonyl (C=O) groups is 1. The molecule has 0 atom stereocenters. The molecule has 0 bridgehead atoms. The van der Waals surface area contributed by atoms with E-state index < -0.39 is 0 Å². The van der Waals surface area contributed by atoms with Crippen LogP contribution in [0.25, 0.3) is 0 Å². The van der Waals surface area contributed by atoms with Crippen LogP contribution in [0.5, 0.6) is 0 Å². The van der Waals surface area contributed by atoms with E-state index in [9.17, 15) is 4.79 Å². The van der Waals surface area contributed by atoms with E-state index in [1.807, 2.05) is 30.3 Å². The standard InChI is InChI=1S/C19H14Cl2N2O/c20-13-10-11-17(18(12-13)22-14-6-2-1-3-7-14)23-19(24)15-8-4-5-9-16(15)21/h1-12,22H,(H,23,24). The second-order valence-electron chi connectivity index (χ2n) is 5.11. The van der Waals surface area contributed by atoms with E-state index in [0.29, 0.717) is 27.0 Å². The van der Waals surface area contributed by atoms with Crippen molar-refractivity contribution in [1.29, 1.82) is 0 Å². The van der Waals surface area contributed by atoms with Crippen LogP contribution in [0.3, 0.4) is 0 Å². The fourth-order valence-electron chi connectivity index (χ4n) is 2.24. The van der Waals surface area contributed by atoms with Gasteiger partial charge in [-0.2, -0.15) is 0 Å². The first-order valence-corrected chi connectivity index (χ1v) is 8.06. The van der Waals surface area contributed by atoms with E-state index in [0.717, 1.165) is 5.69 Å². The molecule has 0 aliphatic heterocycles. The second-order valence-corrected chi connectivity index (χ2v) is 5.96. The predicted molar refractivity (Wildman–Crippen MR) is 101 cm³/mol. The van der Waals surface area contributed by atoms with Gasteiger partial charge in [-0.05, 0) is 42.5 Å². The summed E-state index contributed by atoms with van der Waals surface area (Å²) >= 11 is 12.2. The van der Waals surface area contributed by atoms with Gasteiger partial charge in [-0.1, -0.05) is 53.5 Å². The lowest BCUT2D eigenvalue weighted by Crippen LogP contribution is -2.13. The van der Waals surface area contributed by atoms with Gasteiger partial charge in [-0.3, -0.25) is 4.79 Å². The molecule has 1 amide bonds. The molecular formula is C19H14Cl2N2O. The minimum Gasteiger partial charge on any atom is -0.354 e. The summed E-state index contributed by atoms with van der Waals surface area (Å²) in [5, 5.41) is 7.10. The number of hydrogen-bond donors (Lipinski definition) is 2. The smallest absolute Gasteiger partial charge is 0.257 e. The Morgan fingerprint density at radius 3 is 2.25 bits per heavy atom. The third-order valence-electron chi connectivity index (χ3n) is 3.40. The summed E-state index contributed by atoms with van der Waals surface area (Å²) in [6.07, 6.45) is 0. The molecule has 3 nitrogen and oxygen atoms in total. The van der Waals surface area contributed by atoms with E-state index in [2.05, 4.69) is 10.6 Å². The highest BCUT2D eigenvalue weighted by Gasteiger charge is 2.12. The Balaban J connectivity index is 1.88. The molecule has 120 valence electrons. The first-order valence-electron chi connectivity index (χ1n) is 7.31. The Hall–Kier alpha value is -2.49. The molecular weight excluding hydrogens is 343 g/mol. The molecule has 2 N–H and O–H groups in total. The summed E-state index contributed by atoms with van der Waals surface area (Å²) in [5.41, 5.74) is 2.63. The van der Waals surface area contributed by atoms with Crippen LogP contribution in [0.15, 0.2) is 72.8 Å². The van der Waals surface area contributed by atoms with Crippen molar-refractivity contribution in [3.05, 3.63) is 88.4 Å². The van der Waals surface area contributed by atoms with E-state index in [4.69, 9.17) is 23.2 Å². The molecule has 0 aliphatic carbocycles. The zero-order valence-corrected chi connectivity index (χ0v) is 14.1. The Labute approximate surface area is 150 Å². The number of carbonyl (C=O) groups excluding carboxylic acids is 1. The minimum atomic E-state index is -0.279. The van der Waals surface area contributed by atoms with Gasteiger partial charge in [0.15, 0.2) is 0 Å². The van der Waals surface area contributed by atoms with Crippen LogP contribution >= 0.6 is 23.2 Å². The summed E-state index contributed by atoms with van der Waals surface area (Å²) in [7, 11) is 0. The van der Waals surface area contributed by atoms with Crippen molar-refractivity contribution < 1.29 is 4.79 Å². The van der Waals surface area contributed by atoms with Crippen LogP contribution in [-0.2, 0) is 0 Å². The van der Waals surface area contributed by atoms with Gasteiger partial charge in [0.05, 0.1) is 22.0 Å². The summed E-state index contributed by atoms with van der Waals surface area (Å²) in [5.74, 6) is -0.279. The van der Waals surface area contributed by atoms with Crippen molar-refractivity contribution in [1.82, 2.24) is 0 Å². The number of hydrogen-bond acceptors (Lipinski definition) is 2. The number of halogens is 2. The molecule has 0 saturated heterocycles. The Morgan fingerprint density at radius 1 is 0.792 bits per heavy atom. The SMILES string of the molecule is O=C(Nc1ccc(Cl)cc1Nc1ccccc1)c1ccccc1Cl. The second kappa shape index (κ2) is 7.39. The normalized spacial score (nSPS) is 10.2. The lowest BCUT2D eigenvalue weighted by atomic mass is 10.2. The zero-order valence-electron chi connectivity index (χ0n) is 12.6. The van der Waals surface area contributed by atoms with E-state index in [1.54, 1.807) is 42.5 Å².